The van der Waals surface area contributed by atoms with Gasteiger partial charge in [-0.1, -0.05) is 6.07 Å². The first-order valence-corrected chi connectivity index (χ1v) is 12.0. The van der Waals surface area contributed by atoms with Gasteiger partial charge in [0.15, 0.2) is 5.82 Å². The van der Waals surface area contributed by atoms with Crippen molar-refractivity contribution in [1.29, 1.82) is 0 Å². The van der Waals surface area contributed by atoms with Crippen molar-refractivity contribution in [2.24, 2.45) is 17.8 Å². The van der Waals surface area contributed by atoms with E-state index in [1.54, 1.807) is 0 Å². The summed E-state index contributed by atoms with van der Waals surface area (Å²) in [5, 5.41) is 13.3. The van der Waals surface area contributed by atoms with Crippen LogP contribution in [0, 0.1) is 29.4 Å². The monoisotopic (exact) mass is 516 g/mol. The molecule has 37 heavy (non-hydrogen) atoms. The maximum absolute atomic E-state index is 14.3. The first-order valence-electron chi connectivity index (χ1n) is 12.0. The van der Waals surface area contributed by atoms with Crippen molar-refractivity contribution in [2.75, 3.05) is 5.32 Å². The van der Waals surface area contributed by atoms with Crippen molar-refractivity contribution in [3.05, 3.63) is 53.7 Å². The minimum absolute atomic E-state index is 0.0293. The first-order chi connectivity index (χ1) is 17.6. The van der Waals surface area contributed by atoms with Gasteiger partial charge in [-0.3, -0.25) is 4.79 Å². The highest BCUT2D eigenvalue weighted by molar-refractivity contribution is 5.98. The Morgan fingerprint density at radius 3 is 2.46 bits per heavy atom. The van der Waals surface area contributed by atoms with Crippen molar-refractivity contribution < 1.29 is 31.9 Å². The number of aromatic nitrogens is 3. The molecule has 2 atom stereocenters. The van der Waals surface area contributed by atoms with Gasteiger partial charge in [-0.2, -0.15) is 13.2 Å². The van der Waals surface area contributed by atoms with Crippen LogP contribution in [0.3, 0.4) is 0 Å². The molecule has 2 bridgehead atoms. The van der Waals surface area contributed by atoms with Crippen LogP contribution in [0.1, 0.15) is 31.2 Å². The predicted octanol–water partition coefficient (Wildman–Crippen LogP) is 6.38. The van der Waals surface area contributed by atoms with Crippen molar-refractivity contribution in [1.82, 2.24) is 15.0 Å². The van der Waals surface area contributed by atoms with Gasteiger partial charge in [0.25, 0.3) is 0 Å². The Bertz CT molecular complexity index is 1540. The van der Waals surface area contributed by atoms with Crippen molar-refractivity contribution in [3.8, 4) is 11.4 Å². The number of benzene rings is 2. The maximum Gasteiger partial charge on any atom is 0.418 e. The molecule has 6 nitrogen and oxygen atoms in total. The van der Waals surface area contributed by atoms with E-state index in [0.717, 1.165) is 37.8 Å². The van der Waals surface area contributed by atoms with E-state index in [1.165, 1.54) is 18.3 Å². The number of H-pyrrole nitrogens is 1. The summed E-state index contributed by atoms with van der Waals surface area (Å²) in [5.41, 5.74) is -1.29. The zero-order chi connectivity index (χ0) is 26.1. The maximum atomic E-state index is 14.3. The highest BCUT2D eigenvalue weighted by atomic mass is 19.4. The average Bonchev–Trinajstić information content (AvgIpc) is 3.27. The number of hydrogen-bond acceptors (Lipinski definition) is 4. The number of alkyl halides is 3. The number of fused-ring (bicyclic) bond motifs is 5. The largest absolute Gasteiger partial charge is 0.481 e. The van der Waals surface area contributed by atoms with Crippen LogP contribution in [0.25, 0.3) is 33.2 Å². The molecule has 7 rings (SSSR count). The molecule has 0 spiro atoms. The van der Waals surface area contributed by atoms with E-state index < -0.39 is 41.3 Å². The third-order valence-electron chi connectivity index (χ3n) is 7.79. The van der Waals surface area contributed by atoms with Gasteiger partial charge in [-0.15, -0.1) is 0 Å². The van der Waals surface area contributed by atoms with E-state index >= 15 is 0 Å². The van der Waals surface area contributed by atoms with Crippen molar-refractivity contribution in [2.45, 2.75) is 37.9 Å². The molecule has 3 saturated carbocycles. The van der Waals surface area contributed by atoms with E-state index in [4.69, 9.17) is 0 Å². The van der Waals surface area contributed by atoms with E-state index in [-0.39, 0.29) is 50.8 Å². The van der Waals surface area contributed by atoms with Crippen molar-refractivity contribution in [3.63, 3.8) is 0 Å². The highest BCUT2D eigenvalue weighted by Crippen LogP contribution is 2.47. The second-order valence-electron chi connectivity index (χ2n) is 9.82. The normalized spacial score (nSPS) is 23.6. The van der Waals surface area contributed by atoms with E-state index in [9.17, 15) is 31.9 Å². The van der Waals surface area contributed by atoms with E-state index in [2.05, 4.69) is 20.3 Å². The van der Waals surface area contributed by atoms with Crippen LogP contribution < -0.4 is 5.32 Å². The lowest BCUT2D eigenvalue weighted by Crippen LogP contribution is -2.51. The Balaban J connectivity index is 1.57. The standard InChI is InChI=1S/C26H21F5N4O2/c27-13-8-15-16(10-32-22(15)18(28)9-13)24-34-21-14(2-1-3-17(21)26(29,30)31)23(35-24)33-20-12-6-4-11(5-7-12)19(20)25(36)37/h1-3,8-12,19-20,32H,4-7H2,(H,36,37)(H,33,34,35). The van der Waals surface area contributed by atoms with Crippen LogP contribution in [0.15, 0.2) is 36.5 Å². The van der Waals surface area contributed by atoms with Gasteiger partial charge in [0.05, 0.1) is 22.5 Å². The smallest absolute Gasteiger partial charge is 0.418 e. The van der Waals surface area contributed by atoms with Gasteiger partial charge in [0.1, 0.15) is 17.5 Å². The van der Waals surface area contributed by atoms with Crippen LogP contribution in [0.5, 0.6) is 0 Å². The molecule has 3 aliphatic rings. The summed E-state index contributed by atoms with van der Waals surface area (Å²) in [4.78, 5) is 23.5. The zero-order valence-corrected chi connectivity index (χ0v) is 19.2. The third-order valence-corrected chi connectivity index (χ3v) is 7.79. The topological polar surface area (TPSA) is 90.9 Å². The number of rotatable bonds is 4. The number of carbonyl (C=O) groups is 1. The van der Waals surface area contributed by atoms with Crippen LogP contribution in [0.2, 0.25) is 0 Å². The number of carboxylic acid groups (broad SMARTS) is 1. The first kappa shape index (κ1) is 23.6. The van der Waals surface area contributed by atoms with Gasteiger partial charge < -0.3 is 15.4 Å². The van der Waals surface area contributed by atoms with Crippen LogP contribution in [-0.2, 0) is 11.0 Å². The molecule has 3 aliphatic carbocycles. The molecule has 3 fully saturated rings. The molecule has 0 aliphatic heterocycles. The molecule has 2 aromatic heterocycles. The Morgan fingerprint density at radius 1 is 1.03 bits per heavy atom. The highest BCUT2D eigenvalue weighted by Gasteiger charge is 2.47. The van der Waals surface area contributed by atoms with Crippen LogP contribution >= 0.6 is 0 Å². The number of hydrogen-bond donors (Lipinski definition) is 3. The second-order valence-corrected chi connectivity index (χ2v) is 9.82. The molecule has 2 aromatic carbocycles. The number of nitrogens with zero attached hydrogens (tertiary/aromatic N) is 2. The van der Waals surface area contributed by atoms with Gasteiger partial charge in [0.2, 0.25) is 0 Å². The Kier molecular flexibility index (Phi) is 5.36. The van der Waals surface area contributed by atoms with Crippen LogP contribution in [0.4, 0.5) is 27.8 Å². The summed E-state index contributed by atoms with van der Waals surface area (Å²) < 4.78 is 70.2. The van der Waals surface area contributed by atoms with Gasteiger partial charge in [-0.05, 0) is 55.7 Å². The molecule has 3 N–H and O–H groups in total. The number of anilines is 1. The quantitative estimate of drug-likeness (QED) is 0.274. The fourth-order valence-corrected chi connectivity index (χ4v) is 6.12. The molecule has 0 saturated heterocycles. The lowest BCUT2D eigenvalue weighted by atomic mass is 9.61. The summed E-state index contributed by atoms with van der Waals surface area (Å²) in [6, 6.07) is 4.83. The molecule has 192 valence electrons. The fraction of sp³-hybridized carbons (Fsp3) is 0.346. The van der Waals surface area contributed by atoms with Crippen molar-refractivity contribution >= 4 is 33.6 Å². The number of halogens is 5. The van der Waals surface area contributed by atoms with Gasteiger partial charge in [-0.25, -0.2) is 18.7 Å². The molecule has 2 unspecified atom stereocenters. The van der Waals surface area contributed by atoms with E-state index in [1.807, 2.05) is 0 Å². The summed E-state index contributed by atoms with van der Waals surface area (Å²) in [7, 11) is 0. The Morgan fingerprint density at radius 2 is 1.76 bits per heavy atom. The third kappa shape index (κ3) is 3.87. The average molecular weight is 516 g/mol. The number of nitrogens with one attached hydrogen (secondary N) is 2. The zero-order valence-electron chi connectivity index (χ0n) is 19.2. The van der Waals surface area contributed by atoms with Gasteiger partial charge >= 0.3 is 12.1 Å². The SMILES string of the molecule is O=C(O)C1C2CCC(CC2)C1Nc1nc(-c2c[nH]c3c(F)cc(F)cc23)nc2c(C(F)(F)F)cccc12. The number of para-hydroxylation sites is 1. The lowest BCUT2D eigenvalue weighted by Gasteiger charge is -2.47. The van der Waals surface area contributed by atoms with Gasteiger partial charge in [0, 0.05) is 34.6 Å². The Hall–Kier alpha value is -3.76. The number of carboxylic acids is 1. The summed E-state index contributed by atoms with van der Waals surface area (Å²) >= 11 is 0. The number of aromatic amines is 1. The summed E-state index contributed by atoms with van der Waals surface area (Å²) in [5.74, 6) is -3.49. The minimum Gasteiger partial charge on any atom is -0.481 e. The second kappa shape index (κ2) is 8.39. The molecule has 2 heterocycles. The van der Waals surface area contributed by atoms with Crippen LogP contribution in [-0.4, -0.2) is 32.1 Å². The summed E-state index contributed by atoms with van der Waals surface area (Å²) in [6.45, 7) is 0. The molecule has 11 heteroatoms. The molecular formula is C26H21F5N4O2. The lowest BCUT2D eigenvalue weighted by molar-refractivity contribution is -0.148. The fourth-order valence-electron chi connectivity index (χ4n) is 6.12. The Labute approximate surface area is 206 Å². The molecule has 4 aromatic rings. The number of aliphatic carboxylic acids is 1. The minimum atomic E-state index is -4.73. The molecule has 0 amide bonds. The molecule has 0 radical (unpaired) electrons. The summed E-state index contributed by atoms with van der Waals surface area (Å²) in [6.07, 6.45) is -0.195. The predicted molar refractivity (Wildman–Crippen MR) is 126 cm³/mol. The molecular weight excluding hydrogens is 495 g/mol. The van der Waals surface area contributed by atoms with E-state index in [0.29, 0.717) is 6.07 Å².